The van der Waals surface area contributed by atoms with Gasteiger partial charge >= 0.3 is 0 Å². The first-order chi connectivity index (χ1) is 13.0. The van der Waals surface area contributed by atoms with Gasteiger partial charge in [0.25, 0.3) is 0 Å². The lowest BCUT2D eigenvalue weighted by molar-refractivity contribution is -0.131. The summed E-state index contributed by atoms with van der Waals surface area (Å²) in [5, 5.41) is 2.12. The van der Waals surface area contributed by atoms with Crippen LogP contribution in [0, 0.1) is 5.82 Å². The molecule has 0 saturated heterocycles. The molecule has 5 heteroatoms. The SMILES string of the molecule is CN(C)CCN(Cc1cccc(F)c1)C(=O)Cc1ccc2cnccc2c1. The van der Waals surface area contributed by atoms with E-state index in [9.17, 15) is 9.18 Å². The summed E-state index contributed by atoms with van der Waals surface area (Å²) in [5.74, 6) is -0.245. The van der Waals surface area contributed by atoms with Gasteiger partial charge in [0.1, 0.15) is 5.82 Å². The van der Waals surface area contributed by atoms with Crippen molar-refractivity contribution in [1.29, 1.82) is 0 Å². The van der Waals surface area contributed by atoms with Crippen LogP contribution in [0.25, 0.3) is 10.8 Å². The summed E-state index contributed by atoms with van der Waals surface area (Å²) in [6.45, 7) is 1.76. The zero-order valence-electron chi connectivity index (χ0n) is 15.7. The fourth-order valence-corrected chi connectivity index (χ4v) is 3.00. The molecule has 0 aliphatic rings. The summed E-state index contributed by atoms with van der Waals surface area (Å²) < 4.78 is 13.5. The van der Waals surface area contributed by atoms with Crippen molar-refractivity contribution >= 4 is 16.7 Å². The summed E-state index contributed by atoms with van der Waals surface area (Å²) in [6.07, 6.45) is 3.89. The number of halogens is 1. The van der Waals surface area contributed by atoms with E-state index in [-0.39, 0.29) is 11.7 Å². The van der Waals surface area contributed by atoms with E-state index in [0.29, 0.717) is 19.5 Å². The monoisotopic (exact) mass is 365 g/mol. The number of hydrogen-bond donors (Lipinski definition) is 0. The van der Waals surface area contributed by atoms with E-state index in [2.05, 4.69) is 4.98 Å². The molecule has 3 aromatic rings. The Hall–Kier alpha value is -2.79. The highest BCUT2D eigenvalue weighted by Gasteiger charge is 2.15. The van der Waals surface area contributed by atoms with Crippen molar-refractivity contribution in [3.63, 3.8) is 0 Å². The minimum atomic E-state index is -0.282. The number of amides is 1. The van der Waals surface area contributed by atoms with Crippen molar-refractivity contribution < 1.29 is 9.18 Å². The Balaban J connectivity index is 1.76. The maximum absolute atomic E-state index is 13.5. The fourth-order valence-electron chi connectivity index (χ4n) is 3.00. The van der Waals surface area contributed by atoms with Gasteiger partial charge in [-0.2, -0.15) is 0 Å². The van der Waals surface area contributed by atoms with Gasteiger partial charge in [-0.15, -0.1) is 0 Å². The van der Waals surface area contributed by atoms with Crippen molar-refractivity contribution in [2.75, 3.05) is 27.2 Å². The van der Waals surface area contributed by atoms with Crippen LogP contribution >= 0.6 is 0 Å². The van der Waals surface area contributed by atoms with Gasteiger partial charge in [0.05, 0.1) is 6.42 Å². The molecule has 0 unspecified atom stereocenters. The number of benzene rings is 2. The number of hydrogen-bond acceptors (Lipinski definition) is 3. The van der Waals surface area contributed by atoms with E-state index in [1.807, 2.05) is 55.5 Å². The molecule has 4 nitrogen and oxygen atoms in total. The molecule has 2 aromatic carbocycles. The number of aromatic nitrogens is 1. The molecule has 0 N–H and O–H groups in total. The molecule has 0 spiro atoms. The minimum Gasteiger partial charge on any atom is -0.337 e. The first-order valence-electron chi connectivity index (χ1n) is 9.01. The van der Waals surface area contributed by atoms with E-state index in [1.165, 1.54) is 12.1 Å². The first-order valence-corrected chi connectivity index (χ1v) is 9.01. The van der Waals surface area contributed by atoms with Crippen molar-refractivity contribution in [2.24, 2.45) is 0 Å². The maximum Gasteiger partial charge on any atom is 0.227 e. The highest BCUT2D eigenvalue weighted by Crippen LogP contribution is 2.16. The normalized spacial score (nSPS) is 11.1. The number of fused-ring (bicyclic) bond motifs is 1. The lowest BCUT2D eigenvalue weighted by Gasteiger charge is -2.25. The van der Waals surface area contributed by atoms with E-state index in [4.69, 9.17) is 0 Å². The lowest BCUT2D eigenvalue weighted by atomic mass is 10.1. The summed E-state index contributed by atoms with van der Waals surface area (Å²) in [4.78, 5) is 20.9. The van der Waals surface area contributed by atoms with E-state index in [1.54, 1.807) is 17.2 Å². The van der Waals surface area contributed by atoms with Gasteiger partial charge in [-0.3, -0.25) is 9.78 Å². The summed E-state index contributed by atoms with van der Waals surface area (Å²) >= 11 is 0. The molecule has 3 rings (SSSR count). The molecule has 0 radical (unpaired) electrons. The van der Waals surface area contributed by atoms with E-state index < -0.39 is 0 Å². The van der Waals surface area contributed by atoms with Gasteiger partial charge in [0, 0.05) is 37.4 Å². The average molecular weight is 365 g/mol. The van der Waals surface area contributed by atoms with E-state index >= 15 is 0 Å². The van der Waals surface area contributed by atoms with Gasteiger partial charge in [-0.25, -0.2) is 4.39 Å². The highest BCUT2D eigenvalue weighted by molar-refractivity contribution is 5.84. The molecule has 0 fully saturated rings. The predicted molar refractivity (Wildman–Crippen MR) is 106 cm³/mol. The van der Waals surface area contributed by atoms with Crippen LogP contribution in [0.15, 0.2) is 60.9 Å². The van der Waals surface area contributed by atoms with Crippen LogP contribution in [-0.2, 0) is 17.8 Å². The Morgan fingerprint density at radius 1 is 1.00 bits per heavy atom. The first kappa shape index (κ1) is 19.0. The molecular formula is C22H24FN3O. The number of rotatable bonds is 7. The molecule has 1 amide bonds. The highest BCUT2D eigenvalue weighted by atomic mass is 19.1. The third-order valence-corrected chi connectivity index (χ3v) is 4.49. The van der Waals surface area contributed by atoms with Crippen molar-refractivity contribution in [1.82, 2.24) is 14.8 Å². The van der Waals surface area contributed by atoms with Crippen LogP contribution in [0.5, 0.6) is 0 Å². The van der Waals surface area contributed by atoms with Gasteiger partial charge in [-0.1, -0.05) is 30.3 Å². The van der Waals surface area contributed by atoms with Crippen LogP contribution in [0.3, 0.4) is 0 Å². The van der Waals surface area contributed by atoms with Gasteiger partial charge in [0.2, 0.25) is 5.91 Å². The fraction of sp³-hybridized carbons (Fsp3) is 0.273. The molecule has 1 aromatic heterocycles. The molecule has 1 heterocycles. The van der Waals surface area contributed by atoms with Crippen LogP contribution in [0.2, 0.25) is 0 Å². The van der Waals surface area contributed by atoms with Crippen LogP contribution in [0.1, 0.15) is 11.1 Å². The Morgan fingerprint density at radius 3 is 2.63 bits per heavy atom. The molecule has 0 aliphatic heterocycles. The Morgan fingerprint density at radius 2 is 1.85 bits per heavy atom. The van der Waals surface area contributed by atoms with Crippen LogP contribution in [0.4, 0.5) is 4.39 Å². The topological polar surface area (TPSA) is 36.4 Å². The van der Waals surface area contributed by atoms with Crippen LogP contribution in [-0.4, -0.2) is 47.9 Å². The van der Waals surface area contributed by atoms with E-state index in [0.717, 1.165) is 28.4 Å². The number of likely N-dealkylation sites (N-methyl/N-ethyl adjacent to an activating group) is 1. The second kappa shape index (κ2) is 8.73. The number of nitrogens with zero attached hydrogens (tertiary/aromatic N) is 3. The largest absolute Gasteiger partial charge is 0.337 e. The molecule has 27 heavy (non-hydrogen) atoms. The lowest BCUT2D eigenvalue weighted by Crippen LogP contribution is -2.37. The molecule has 0 bridgehead atoms. The van der Waals surface area contributed by atoms with Gasteiger partial charge in [0.15, 0.2) is 0 Å². The standard InChI is InChI=1S/C22H24FN3O/c1-25(2)10-11-26(16-18-4-3-5-21(23)13-18)22(27)14-17-6-7-20-15-24-9-8-19(20)12-17/h3-9,12-13,15H,10-11,14,16H2,1-2H3. The number of carbonyl (C=O) groups excluding carboxylic acids is 1. The third kappa shape index (κ3) is 5.34. The minimum absolute atomic E-state index is 0.0366. The zero-order valence-corrected chi connectivity index (χ0v) is 15.7. The predicted octanol–water partition coefficient (Wildman–Crippen LogP) is 3.51. The smallest absolute Gasteiger partial charge is 0.227 e. The summed E-state index contributed by atoms with van der Waals surface area (Å²) in [7, 11) is 3.95. The summed E-state index contributed by atoms with van der Waals surface area (Å²) in [6, 6.07) is 14.4. The Kier molecular flexibility index (Phi) is 6.14. The molecule has 0 saturated carbocycles. The Labute approximate surface area is 159 Å². The number of carbonyl (C=O) groups is 1. The van der Waals surface area contributed by atoms with Crippen LogP contribution < -0.4 is 0 Å². The van der Waals surface area contributed by atoms with Crippen molar-refractivity contribution in [2.45, 2.75) is 13.0 Å². The summed E-state index contributed by atoms with van der Waals surface area (Å²) in [5.41, 5.74) is 1.76. The molecule has 0 atom stereocenters. The van der Waals surface area contributed by atoms with Crippen molar-refractivity contribution in [3.05, 3.63) is 77.9 Å². The van der Waals surface area contributed by atoms with Gasteiger partial charge < -0.3 is 9.80 Å². The van der Waals surface area contributed by atoms with Crippen molar-refractivity contribution in [3.8, 4) is 0 Å². The molecule has 140 valence electrons. The maximum atomic E-state index is 13.5. The van der Waals surface area contributed by atoms with Gasteiger partial charge in [-0.05, 0) is 48.8 Å². The Bertz CT molecular complexity index is 926. The molecule has 0 aliphatic carbocycles. The molecular weight excluding hydrogens is 341 g/mol. The second-order valence-corrected chi connectivity index (χ2v) is 6.98. The number of pyridine rings is 1. The second-order valence-electron chi connectivity index (χ2n) is 6.98. The average Bonchev–Trinajstić information content (AvgIpc) is 2.65. The zero-order chi connectivity index (χ0) is 19.2. The quantitative estimate of drug-likeness (QED) is 0.643. The third-order valence-electron chi connectivity index (χ3n) is 4.49.